The van der Waals surface area contributed by atoms with Gasteiger partial charge in [0.05, 0.1) is 5.60 Å². The molecular formula is C14H29BrO. The van der Waals surface area contributed by atoms with Gasteiger partial charge in [0.1, 0.15) is 0 Å². The molecule has 0 unspecified atom stereocenters. The molecule has 0 aliphatic carbocycles. The van der Waals surface area contributed by atoms with Crippen molar-refractivity contribution in [2.75, 3.05) is 11.9 Å². The highest BCUT2D eigenvalue weighted by atomic mass is 79.9. The Morgan fingerprint density at radius 1 is 0.875 bits per heavy atom. The summed E-state index contributed by atoms with van der Waals surface area (Å²) < 4.78 is 5.82. The summed E-state index contributed by atoms with van der Waals surface area (Å²) in [6.45, 7) is 7.46. The lowest BCUT2D eigenvalue weighted by atomic mass is 10.1. The van der Waals surface area contributed by atoms with E-state index < -0.39 is 0 Å². The van der Waals surface area contributed by atoms with Crippen molar-refractivity contribution in [3.8, 4) is 0 Å². The maximum atomic E-state index is 5.82. The topological polar surface area (TPSA) is 9.23 Å². The van der Waals surface area contributed by atoms with Gasteiger partial charge in [0.2, 0.25) is 0 Å². The van der Waals surface area contributed by atoms with Crippen LogP contribution in [0.5, 0.6) is 0 Å². The van der Waals surface area contributed by atoms with Crippen molar-refractivity contribution in [2.45, 2.75) is 77.7 Å². The zero-order valence-electron chi connectivity index (χ0n) is 11.4. The van der Waals surface area contributed by atoms with Crippen LogP contribution in [0.2, 0.25) is 0 Å². The summed E-state index contributed by atoms with van der Waals surface area (Å²) in [5.41, 5.74) is 0.0792. The molecule has 0 aromatic rings. The van der Waals surface area contributed by atoms with Crippen molar-refractivity contribution in [1.82, 2.24) is 0 Å². The Morgan fingerprint density at radius 3 is 1.88 bits per heavy atom. The van der Waals surface area contributed by atoms with E-state index in [1.807, 2.05) is 0 Å². The molecule has 0 atom stereocenters. The number of rotatable bonds is 11. The zero-order valence-corrected chi connectivity index (χ0v) is 12.9. The third-order valence-electron chi connectivity index (χ3n) is 3.12. The first-order valence-electron chi connectivity index (χ1n) is 6.82. The van der Waals surface area contributed by atoms with Crippen LogP contribution in [0.4, 0.5) is 0 Å². The van der Waals surface area contributed by atoms with Gasteiger partial charge in [-0.15, -0.1) is 0 Å². The van der Waals surface area contributed by atoms with E-state index in [9.17, 15) is 0 Å². The SMILES string of the molecule is CCC(C)(C)OCCCCCCCCCBr. The number of ether oxygens (including phenoxy) is 1. The van der Waals surface area contributed by atoms with E-state index in [-0.39, 0.29) is 5.60 Å². The second kappa shape index (κ2) is 10.6. The van der Waals surface area contributed by atoms with E-state index in [4.69, 9.17) is 4.74 Å². The van der Waals surface area contributed by atoms with E-state index in [1.165, 1.54) is 44.9 Å². The van der Waals surface area contributed by atoms with Crippen molar-refractivity contribution < 1.29 is 4.74 Å². The first kappa shape index (κ1) is 16.4. The van der Waals surface area contributed by atoms with Crippen LogP contribution >= 0.6 is 15.9 Å². The minimum absolute atomic E-state index is 0.0792. The summed E-state index contributed by atoms with van der Waals surface area (Å²) in [6, 6.07) is 0. The van der Waals surface area contributed by atoms with Gasteiger partial charge in [0.15, 0.2) is 0 Å². The molecule has 0 amide bonds. The fraction of sp³-hybridized carbons (Fsp3) is 1.00. The predicted molar refractivity (Wildman–Crippen MR) is 76.4 cm³/mol. The Kier molecular flexibility index (Phi) is 10.9. The Labute approximate surface area is 110 Å². The van der Waals surface area contributed by atoms with Gasteiger partial charge in [-0.2, -0.15) is 0 Å². The van der Waals surface area contributed by atoms with Crippen LogP contribution in [-0.2, 0) is 4.74 Å². The zero-order chi connectivity index (χ0) is 12.3. The monoisotopic (exact) mass is 292 g/mol. The van der Waals surface area contributed by atoms with Crippen LogP contribution in [0, 0.1) is 0 Å². The number of alkyl halides is 1. The van der Waals surface area contributed by atoms with Crippen molar-refractivity contribution >= 4 is 15.9 Å². The van der Waals surface area contributed by atoms with Crippen molar-refractivity contribution in [3.63, 3.8) is 0 Å². The average Bonchev–Trinajstić information content (AvgIpc) is 2.27. The van der Waals surface area contributed by atoms with Gasteiger partial charge in [-0.1, -0.05) is 55.0 Å². The third kappa shape index (κ3) is 10.9. The Hall–Kier alpha value is 0.440. The number of hydrogen-bond donors (Lipinski definition) is 0. The summed E-state index contributed by atoms with van der Waals surface area (Å²) in [5, 5.41) is 1.16. The summed E-state index contributed by atoms with van der Waals surface area (Å²) >= 11 is 3.46. The van der Waals surface area contributed by atoms with Crippen LogP contribution in [0.1, 0.15) is 72.1 Å². The molecule has 0 saturated carbocycles. The smallest absolute Gasteiger partial charge is 0.0623 e. The van der Waals surface area contributed by atoms with Gasteiger partial charge in [0.25, 0.3) is 0 Å². The maximum Gasteiger partial charge on any atom is 0.0623 e. The fourth-order valence-electron chi connectivity index (χ4n) is 1.53. The van der Waals surface area contributed by atoms with Crippen molar-refractivity contribution in [2.24, 2.45) is 0 Å². The van der Waals surface area contributed by atoms with Gasteiger partial charge in [-0.3, -0.25) is 0 Å². The lowest BCUT2D eigenvalue weighted by molar-refractivity contribution is -0.0216. The van der Waals surface area contributed by atoms with E-state index in [1.54, 1.807) is 0 Å². The molecule has 0 aliphatic heterocycles. The number of unbranched alkanes of at least 4 members (excludes halogenated alkanes) is 6. The molecule has 98 valence electrons. The van der Waals surface area contributed by atoms with E-state index in [0.717, 1.165) is 18.4 Å². The highest BCUT2D eigenvalue weighted by molar-refractivity contribution is 9.09. The van der Waals surface area contributed by atoms with E-state index in [2.05, 4.69) is 36.7 Å². The quantitative estimate of drug-likeness (QED) is 0.370. The lowest BCUT2D eigenvalue weighted by Crippen LogP contribution is -2.23. The van der Waals surface area contributed by atoms with Gasteiger partial charge >= 0.3 is 0 Å². The van der Waals surface area contributed by atoms with Gasteiger partial charge in [0, 0.05) is 11.9 Å². The Balaban J connectivity index is 3.10. The minimum atomic E-state index is 0.0792. The molecule has 0 saturated heterocycles. The standard InChI is InChI=1S/C14H29BrO/c1-4-14(2,3)16-13-11-9-7-5-6-8-10-12-15/h4-13H2,1-3H3. The minimum Gasteiger partial charge on any atom is -0.376 e. The van der Waals surface area contributed by atoms with Gasteiger partial charge in [-0.05, 0) is 33.1 Å². The third-order valence-corrected chi connectivity index (χ3v) is 3.68. The second-order valence-corrected chi connectivity index (χ2v) is 5.92. The Bertz CT molecular complexity index is 146. The average molecular weight is 293 g/mol. The number of halogens is 1. The highest BCUT2D eigenvalue weighted by Gasteiger charge is 2.13. The van der Waals surface area contributed by atoms with Crippen LogP contribution < -0.4 is 0 Å². The fourth-order valence-corrected chi connectivity index (χ4v) is 1.93. The van der Waals surface area contributed by atoms with E-state index >= 15 is 0 Å². The second-order valence-electron chi connectivity index (χ2n) is 5.13. The molecule has 0 aromatic carbocycles. The molecule has 1 nitrogen and oxygen atoms in total. The van der Waals surface area contributed by atoms with Crippen LogP contribution in [0.3, 0.4) is 0 Å². The van der Waals surface area contributed by atoms with Crippen LogP contribution in [-0.4, -0.2) is 17.5 Å². The van der Waals surface area contributed by atoms with Crippen LogP contribution in [0.15, 0.2) is 0 Å². The molecule has 0 aliphatic rings. The van der Waals surface area contributed by atoms with E-state index in [0.29, 0.717) is 0 Å². The lowest BCUT2D eigenvalue weighted by Gasteiger charge is -2.23. The van der Waals surface area contributed by atoms with Gasteiger partial charge in [-0.25, -0.2) is 0 Å². The molecule has 0 spiro atoms. The first-order valence-corrected chi connectivity index (χ1v) is 7.94. The molecule has 0 rings (SSSR count). The Morgan fingerprint density at radius 2 is 1.38 bits per heavy atom. The van der Waals surface area contributed by atoms with Crippen molar-refractivity contribution in [1.29, 1.82) is 0 Å². The molecule has 0 aromatic heterocycles. The largest absolute Gasteiger partial charge is 0.376 e. The molecular weight excluding hydrogens is 264 g/mol. The summed E-state index contributed by atoms with van der Waals surface area (Å²) in [7, 11) is 0. The van der Waals surface area contributed by atoms with Crippen LogP contribution in [0.25, 0.3) is 0 Å². The predicted octanol–water partition coefficient (Wildman–Crippen LogP) is 5.32. The summed E-state index contributed by atoms with van der Waals surface area (Å²) in [6.07, 6.45) is 10.5. The first-order chi connectivity index (χ1) is 7.62. The molecule has 0 N–H and O–H groups in total. The molecule has 16 heavy (non-hydrogen) atoms. The van der Waals surface area contributed by atoms with Gasteiger partial charge < -0.3 is 4.74 Å². The molecule has 0 fully saturated rings. The maximum absolute atomic E-state index is 5.82. The summed E-state index contributed by atoms with van der Waals surface area (Å²) in [5.74, 6) is 0. The van der Waals surface area contributed by atoms with Crippen molar-refractivity contribution in [3.05, 3.63) is 0 Å². The highest BCUT2D eigenvalue weighted by Crippen LogP contribution is 2.15. The molecule has 0 radical (unpaired) electrons. The number of hydrogen-bond acceptors (Lipinski definition) is 1. The summed E-state index contributed by atoms with van der Waals surface area (Å²) in [4.78, 5) is 0. The molecule has 0 heterocycles. The molecule has 2 heteroatoms. The molecule has 0 bridgehead atoms. The normalized spacial score (nSPS) is 12.0.